The van der Waals surface area contributed by atoms with Gasteiger partial charge in [-0.05, 0) is 74.5 Å². The van der Waals surface area contributed by atoms with Crippen molar-refractivity contribution in [2.75, 3.05) is 46.0 Å². The van der Waals surface area contributed by atoms with Crippen molar-refractivity contribution >= 4 is 0 Å². The van der Waals surface area contributed by atoms with E-state index in [-0.39, 0.29) is 18.5 Å². The van der Waals surface area contributed by atoms with Gasteiger partial charge in [0.15, 0.2) is 0 Å². The molecule has 3 heterocycles. The van der Waals surface area contributed by atoms with Crippen molar-refractivity contribution in [1.82, 2.24) is 9.80 Å². The van der Waals surface area contributed by atoms with E-state index in [2.05, 4.69) is 33.8 Å². The summed E-state index contributed by atoms with van der Waals surface area (Å²) >= 11 is 0. The van der Waals surface area contributed by atoms with Crippen molar-refractivity contribution < 1.29 is 14.2 Å². The lowest BCUT2D eigenvalue weighted by Gasteiger charge is -2.57. The molecule has 0 bridgehead atoms. The molecule has 0 amide bonds. The van der Waals surface area contributed by atoms with E-state index in [1.165, 1.54) is 43.9 Å². The molecule has 3 saturated heterocycles. The number of fused-ring (bicyclic) bond motifs is 1. The molecule has 1 N–H and O–H groups in total. The minimum atomic E-state index is -0.290. The number of rotatable bonds is 4. The Kier molecular flexibility index (Phi) is 7.61. The summed E-state index contributed by atoms with van der Waals surface area (Å²) in [4.78, 5) is 5.20. The van der Waals surface area contributed by atoms with E-state index in [0.717, 1.165) is 44.3 Å². The molecule has 2 aromatic rings. The van der Waals surface area contributed by atoms with Crippen LogP contribution in [-0.2, 0) is 4.74 Å². The summed E-state index contributed by atoms with van der Waals surface area (Å²) in [5, 5.41) is 10.2. The summed E-state index contributed by atoms with van der Waals surface area (Å²) in [6, 6.07) is 15.6. The molecule has 4 nitrogen and oxygen atoms in total. The van der Waals surface area contributed by atoms with Gasteiger partial charge >= 0.3 is 0 Å². The predicted molar refractivity (Wildman–Crippen MR) is 132 cm³/mol. The summed E-state index contributed by atoms with van der Waals surface area (Å²) in [5.74, 6) is 6.80. The number of hydrogen-bond acceptors (Lipinski definition) is 4. The molecule has 3 atom stereocenters. The Morgan fingerprint density at radius 3 is 2.50 bits per heavy atom. The van der Waals surface area contributed by atoms with Crippen LogP contribution in [0.2, 0.25) is 0 Å². The standard InChI is InChI=1S/C29H35FN2O2/c30-26-6-2-1-5-24(26)10-7-22-8-11-25(12-9-22)29-27-20-31(19-23-13-17-34-18-14-23)15-3-4-16-32(27)28(29)21-33/h1-2,5-6,8-9,11-12,23,27-29,33H,3-4,13-21H2/t27-,28+,29+/m0/s1. The van der Waals surface area contributed by atoms with E-state index < -0.39 is 0 Å². The minimum Gasteiger partial charge on any atom is -0.395 e. The average Bonchev–Trinajstić information content (AvgIpc) is 2.85. The van der Waals surface area contributed by atoms with E-state index in [0.29, 0.717) is 17.5 Å². The molecule has 0 saturated carbocycles. The highest BCUT2D eigenvalue weighted by molar-refractivity contribution is 5.44. The molecule has 3 aliphatic rings. The monoisotopic (exact) mass is 462 g/mol. The lowest BCUT2D eigenvalue weighted by Crippen LogP contribution is -2.67. The third-order valence-electron chi connectivity index (χ3n) is 7.82. The van der Waals surface area contributed by atoms with Crippen molar-refractivity contribution in [3.8, 4) is 11.8 Å². The molecule has 0 aliphatic carbocycles. The van der Waals surface area contributed by atoms with Gasteiger partial charge in [0.25, 0.3) is 0 Å². The average molecular weight is 463 g/mol. The molecule has 5 rings (SSSR count). The Balaban J connectivity index is 1.30. The van der Waals surface area contributed by atoms with Gasteiger partial charge in [-0.2, -0.15) is 0 Å². The Hall–Kier alpha value is -2.23. The fourth-order valence-electron chi connectivity index (χ4n) is 5.96. The molecule has 34 heavy (non-hydrogen) atoms. The van der Waals surface area contributed by atoms with Crippen LogP contribution in [0, 0.1) is 23.6 Å². The molecule has 2 aromatic carbocycles. The van der Waals surface area contributed by atoms with Gasteiger partial charge in [0, 0.05) is 49.9 Å². The smallest absolute Gasteiger partial charge is 0.138 e. The first-order valence-corrected chi connectivity index (χ1v) is 12.8. The van der Waals surface area contributed by atoms with Crippen LogP contribution >= 0.6 is 0 Å². The van der Waals surface area contributed by atoms with Crippen LogP contribution in [0.1, 0.15) is 48.3 Å². The normalized spacial score (nSPS) is 26.5. The molecule has 0 spiro atoms. The van der Waals surface area contributed by atoms with Crippen LogP contribution in [0.5, 0.6) is 0 Å². The Bertz CT molecular complexity index is 1010. The van der Waals surface area contributed by atoms with E-state index >= 15 is 0 Å². The van der Waals surface area contributed by atoms with Gasteiger partial charge in [-0.3, -0.25) is 4.90 Å². The van der Waals surface area contributed by atoms with Gasteiger partial charge in [-0.25, -0.2) is 4.39 Å². The topological polar surface area (TPSA) is 35.9 Å². The number of halogens is 1. The Morgan fingerprint density at radius 2 is 1.74 bits per heavy atom. The molecule has 5 heteroatoms. The first kappa shape index (κ1) is 23.5. The van der Waals surface area contributed by atoms with Crippen LogP contribution < -0.4 is 0 Å². The first-order valence-electron chi connectivity index (χ1n) is 12.8. The SMILES string of the molecule is OC[C@@H]1[C@H](c2ccc(C#Cc3ccccc3F)cc2)[C@@H]2CN(CC3CCOCC3)CCCCN12. The minimum absolute atomic E-state index is 0.184. The van der Waals surface area contributed by atoms with E-state index in [9.17, 15) is 9.50 Å². The predicted octanol–water partition coefficient (Wildman–Crippen LogP) is 3.88. The third kappa shape index (κ3) is 5.21. The van der Waals surface area contributed by atoms with Crippen LogP contribution in [0.15, 0.2) is 48.5 Å². The molecule has 3 fully saturated rings. The number of nitrogens with zero attached hydrogens (tertiary/aromatic N) is 2. The highest BCUT2D eigenvalue weighted by atomic mass is 19.1. The summed E-state index contributed by atoms with van der Waals surface area (Å²) in [6.45, 7) is 6.45. The fraction of sp³-hybridized carbons (Fsp3) is 0.517. The Morgan fingerprint density at radius 1 is 0.971 bits per heavy atom. The number of hydrogen-bond donors (Lipinski definition) is 1. The number of aliphatic hydroxyl groups excluding tert-OH is 1. The first-order chi connectivity index (χ1) is 16.7. The maximum atomic E-state index is 13.9. The maximum Gasteiger partial charge on any atom is 0.138 e. The van der Waals surface area contributed by atoms with Gasteiger partial charge in [-0.1, -0.05) is 36.1 Å². The summed E-state index contributed by atoms with van der Waals surface area (Å²) in [5.41, 5.74) is 2.56. The van der Waals surface area contributed by atoms with Crippen molar-refractivity contribution in [2.45, 2.75) is 43.7 Å². The highest BCUT2D eigenvalue weighted by Gasteiger charge is 2.49. The van der Waals surface area contributed by atoms with Crippen molar-refractivity contribution in [2.24, 2.45) is 5.92 Å². The van der Waals surface area contributed by atoms with E-state index in [1.54, 1.807) is 18.2 Å². The van der Waals surface area contributed by atoms with Gasteiger partial charge < -0.3 is 14.7 Å². The van der Waals surface area contributed by atoms with Crippen molar-refractivity contribution in [3.63, 3.8) is 0 Å². The highest BCUT2D eigenvalue weighted by Crippen LogP contribution is 2.42. The number of benzene rings is 2. The largest absolute Gasteiger partial charge is 0.395 e. The molecule has 0 unspecified atom stereocenters. The second kappa shape index (κ2) is 11.0. The molecule has 180 valence electrons. The van der Waals surface area contributed by atoms with E-state index in [1.807, 2.05) is 12.1 Å². The molecule has 0 aromatic heterocycles. The Labute approximate surface area is 202 Å². The summed E-state index contributed by atoms with van der Waals surface area (Å²) in [7, 11) is 0. The van der Waals surface area contributed by atoms with Gasteiger partial charge in [-0.15, -0.1) is 0 Å². The number of ether oxygens (including phenoxy) is 1. The van der Waals surface area contributed by atoms with Crippen LogP contribution in [0.4, 0.5) is 4.39 Å². The fourth-order valence-corrected chi connectivity index (χ4v) is 5.96. The second-order valence-corrected chi connectivity index (χ2v) is 9.96. The molecule has 3 aliphatic heterocycles. The molecular formula is C29H35FN2O2. The lowest BCUT2D eigenvalue weighted by molar-refractivity contribution is -0.0677. The van der Waals surface area contributed by atoms with Crippen molar-refractivity contribution in [1.29, 1.82) is 0 Å². The van der Waals surface area contributed by atoms with Gasteiger partial charge in [0.05, 0.1) is 12.2 Å². The van der Waals surface area contributed by atoms with Crippen LogP contribution in [0.3, 0.4) is 0 Å². The third-order valence-corrected chi connectivity index (χ3v) is 7.82. The van der Waals surface area contributed by atoms with Crippen molar-refractivity contribution in [3.05, 3.63) is 71.0 Å². The summed E-state index contributed by atoms with van der Waals surface area (Å²) in [6.07, 6.45) is 4.76. The maximum absolute atomic E-state index is 13.9. The van der Waals surface area contributed by atoms with Gasteiger partial charge in [0.2, 0.25) is 0 Å². The molecule has 0 radical (unpaired) electrons. The molecular weight excluding hydrogens is 427 g/mol. The van der Waals surface area contributed by atoms with Crippen LogP contribution in [-0.4, -0.2) is 73.0 Å². The van der Waals surface area contributed by atoms with Gasteiger partial charge in [0.1, 0.15) is 5.82 Å². The quantitative estimate of drug-likeness (QED) is 0.700. The zero-order valence-electron chi connectivity index (χ0n) is 19.8. The zero-order chi connectivity index (χ0) is 23.3. The second-order valence-electron chi connectivity index (χ2n) is 9.96. The van der Waals surface area contributed by atoms with Crippen LogP contribution in [0.25, 0.3) is 0 Å². The zero-order valence-corrected chi connectivity index (χ0v) is 19.8. The summed E-state index contributed by atoms with van der Waals surface area (Å²) < 4.78 is 19.4. The lowest BCUT2D eigenvalue weighted by atomic mass is 9.74. The number of aliphatic hydroxyl groups is 1. The van der Waals surface area contributed by atoms with E-state index in [4.69, 9.17) is 4.74 Å².